The smallest absolute Gasteiger partial charge is 0.103 e. The number of hydrogen-bond donors (Lipinski definition) is 1. The van der Waals surface area contributed by atoms with Crippen molar-refractivity contribution in [2.75, 3.05) is 6.61 Å². The van der Waals surface area contributed by atoms with Crippen LogP contribution in [-0.4, -0.2) is 22.9 Å². The van der Waals surface area contributed by atoms with Crippen LogP contribution in [0.1, 0.15) is 27.7 Å². The van der Waals surface area contributed by atoms with Gasteiger partial charge < -0.3 is 9.84 Å². The summed E-state index contributed by atoms with van der Waals surface area (Å²) in [7, 11) is 0. The average Bonchev–Trinajstić information content (AvgIpc) is 1.83. The second-order valence-corrected chi connectivity index (χ2v) is 3.96. The normalized spacial score (nSPS) is 17.5. The summed E-state index contributed by atoms with van der Waals surface area (Å²) in [5, 5.41) is 9.44. The van der Waals surface area contributed by atoms with Gasteiger partial charge in [0.2, 0.25) is 0 Å². The number of aliphatic hydroxyl groups is 1. The zero-order chi connectivity index (χ0) is 9.12. The number of hydrogen-bond acceptors (Lipinski definition) is 2. The molecule has 2 nitrogen and oxygen atoms in total. The van der Waals surface area contributed by atoms with Gasteiger partial charge in [-0.25, -0.2) is 0 Å². The Morgan fingerprint density at radius 1 is 1.36 bits per heavy atom. The van der Waals surface area contributed by atoms with Gasteiger partial charge in [0, 0.05) is 0 Å². The predicted octanol–water partition coefficient (Wildman–Crippen LogP) is 1.74. The highest BCUT2D eigenvalue weighted by Crippen LogP contribution is 2.12. The molecule has 0 fully saturated rings. The Kier molecular flexibility index (Phi) is 3.27. The molecule has 0 saturated carbocycles. The quantitative estimate of drug-likeness (QED) is 0.634. The van der Waals surface area contributed by atoms with Crippen LogP contribution in [0.5, 0.6) is 0 Å². The van der Waals surface area contributed by atoms with Crippen molar-refractivity contribution in [2.45, 2.75) is 38.9 Å². The van der Waals surface area contributed by atoms with Gasteiger partial charge in [-0.2, -0.15) is 0 Å². The van der Waals surface area contributed by atoms with E-state index in [0.717, 1.165) is 0 Å². The van der Waals surface area contributed by atoms with E-state index in [1.54, 1.807) is 6.92 Å². The van der Waals surface area contributed by atoms with Crippen molar-refractivity contribution in [3.05, 3.63) is 12.7 Å². The first-order valence-electron chi connectivity index (χ1n) is 3.77. The molecule has 0 aliphatic rings. The molecule has 0 aliphatic heterocycles. The minimum absolute atomic E-state index is 0.201. The molecular formula is C9H18O2. The summed E-state index contributed by atoms with van der Waals surface area (Å²) in [5.74, 6) is 0. The number of ether oxygens (including phenoxy) is 1. The summed E-state index contributed by atoms with van der Waals surface area (Å²) in [4.78, 5) is 0. The van der Waals surface area contributed by atoms with Crippen LogP contribution in [0.15, 0.2) is 12.7 Å². The van der Waals surface area contributed by atoms with Crippen LogP contribution >= 0.6 is 0 Å². The monoisotopic (exact) mass is 158 g/mol. The molecule has 0 spiro atoms. The lowest BCUT2D eigenvalue weighted by Gasteiger charge is -2.25. The maximum atomic E-state index is 9.44. The second-order valence-electron chi connectivity index (χ2n) is 3.96. The Morgan fingerprint density at radius 3 is 2.09 bits per heavy atom. The lowest BCUT2D eigenvalue weighted by atomic mass is 10.1. The molecule has 1 atom stereocenters. The molecule has 0 heterocycles. The van der Waals surface area contributed by atoms with Crippen LogP contribution in [0.2, 0.25) is 0 Å². The Balaban J connectivity index is 3.79. The Bertz CT molecular complexity index is 131. The van der Waals surface area contributed by atoms with E-state index >= 15 is 0 Å². The molecule has 0 aromatic rings. The van der Waals surface area contributed by atoms with Gasteiger partial charge in [-0.05, 0) is 27.7 Å². The highest BCUT2D eigenvalue weighted by Gasteiger charge is 2.19. The van der Waals surface area contributed by atoms with Crippen molar-refractivity contribution in [2.24, 2.45) is 0 Å². The first kappa shape index (κ1) is 10.7. The molecule has 1 N–H and O–H groups in total. The minimum atomic E-state index is -0.909. The van der Waals surface area contributed by atoms with Gasteiger partial charge in [-0.15, -0.1) is 6.58 Å². The van der Waals surface area contributed by atoms with Crippen LogP contribution in [0.3, 0.4) is 0 Å². The molecule has 0 rings (SSSR count). The van der Waals surface area contributed by atoms with E-state index < -0.39 is 5.60 Å². The third-order valence-corrected chi connectivity index (χ3v) is 1.24. The van der Waals surface area contributed by atoms with Gasteiger partial charge in [-0.3, -0.25) is 0 Å². The number of rotatable bonds is 3. The average molecular weight is 158 g/mol. The van der Waals surface area contributed by atoms with Gasteiger partial charge in [0.25, 0.3) is 0 Å². The van der Waals surface area contributed by atoms with Crippen molar-refractivity contribution < 1.29 is 9.84 Å². The van der Waals surface area contributed by atoms with Crippen molar-refractivity contribution in [3.63, 3.8) is 0 Å². The fourth-order valence-corrected chi connectivity index (χ4v) is 0.422. The molecule has 1 unspecified atom stereocenters. The molecule has 0 aliphatic carbocycles. The summed E-state index contributed by atoms with van der Waals surface area (Å²) >= 11 is 0. The standard InChI is InChI=1S/C9H18O2/c1-6-9(5,10)7-11-8(2,3)4/h6,10H,1,7H2,2-5H3. The Labute approximate surface area is 68.9 Å². The van der Waals surface area contributed by atoms with Gasteiger partial charge in [0.1, 0.15) is 5.60 Å². The van der Waals surface area contributed by atoms with Gasteiger partial charge in [-0.1, -0.05) is 6.08 Å². The van der Waals surface area contributed by atoms with E-state index in [-0.39, 0.29) is 5.60 Å². The van der Waals surface area contributed by atoms with Crippen molar-refractivity contribution in [3.8, 4) is 0 Å². The lowest BCUT2D eigenvalue weighted by molar-refractivity contribution is -0.0707. The SMILES string of the molecule is C=CC(C)(O)COC(C)(C)C. The molecule has 66 valence electrons. The van der Waals surface area contributed by atoms with E-state index in [4.69, 9.17) is 4.74 Å². The molecule has 0 bridgehead atoms. The first-order chi connectivity index (χ1) is 4.77. The molecule has 0 radical (unpaired) electrons. The molecule has 11 heavy (non-hydrogen) atoms. The fourth-order valence-electron chi connectivity index (χ4n) is 0.422. The summed E-state index contributed by atoms with van der Waals surface area (Å²) in [5.41, 5.74) is -1.11. The topological polar surface area (TPSA) is 29.5 Å². The summed E-state index contributed by atoms with van der Waals surface area (Å²) in [6.07, 6.45) is 1.48. The highest BCUT2D eigenvalue weighted by molar-refractivity contribution is 4.91. The maximum Gasteiger partial charge on any atom is 0.103 e. The summed E-state index contributed by atoms with van der Waals surface area (Å²) in [6.45, 7) is 11.3. The molecule has 0 aromatic carbocycles. The van der Waals surface area contributed by atoms with Crippen molar-refractivity contribution >= 4 is 0 Å². The Hall–Kier alpha value is -0.340. The lowest BCUT2D eigenvalue weighted by Crippen LogP contribution is -2.33. The third kappa shape index (κ3) is 6.07. The molecular weight excluding hydrogens is 140 g/mol. The van der Waals surface area contributed by atoms with Crippen molar-refractivity contribution in [1.29, 1.82) is 0 Å². The molecule has 0 aromatic heterocycles. The van der Waals surface area contributed by atoms with Crippen molar-refractivity contribution in [1.82, 2.24) is 0 Å². The third-order valence-electron chi connectivity index (χ3n) is 1.24. The fraction of sp³-hybridized carbons (Fsp3) is 0.778. The largest absolute Gasteiger partial charge is 0.384 e. The first-order valence-corrected chi connectivity index (χ1v) is 3.77. The van der Waals surface area contributed by atoms with Crippen LogP contribution < -0.4 is 0 Å². The van der Waals surface area contributed by atoms with E-state index in [9.17, 15) is 5.11 Å². The summed E-state index contributed by atoms with van der Waals surface area (Å²) < 4.78 is 5.36. The summed E-state index contributed by atoms with van der Waals surface area (Å²) in [6, 6.07) is 0. The Morgan fingerprint density at radius 2 is 1.82 bits per heavy atom. The van der Waals surface area contributed by atoms with Crippen LogP contribution in [0.25, 0.3) is 0 Å². The van der Waals surface area contributed by atoms with Crippen LogP contribution in [0.4, 0.5) is 0 Å². The zero-order valence-electron chi connectivity index (χ0n) is 7.85. The van der Waals surface area contributed by atoms with E-state index in [1.165, 1.54) is 6.08 Å². The van der Waals surface area contributed by atoms with Crippen LogP contribution in [0, 0.1) is 0 Å². The zero-order valence-corrected chi connectivity index (χ0v) is 7.85. The highest BCUT2D eigenvalue weighted by atomic mass is 16.5. The van der Waals surface area contributed by atoms with Gasteiger partial charge >= 0.3 is 0 Å². The maximum absolute atomic E-state index is 9.44. The van der Waals surface area contributed by atoms with Gasteiger partial charge in [0.05, 0.1) is 12.2 Å². The van der Waals surface area contributed by atoms with Gasteiger partial charge in [0.15, 0.2) is 0 Å². The molecule has 0 amide bonds. The van der Waals surface area contributed by atoms with E-state index in [1.807, 2.05) is 20.8 Å². The predicted molar refractivity (Wildman–Crippen MR) is 46.5 cm³/mol. The molecule has 2 heteroatoms. The second kappa shape index (κ2) is 3.37. The molecule has 0 saturated heterocycles. The van der Waals surface area contributed by atoms with Crippen LogP contribution in [-0.2, 0) is 4.74 Å². The van der Waals surface area contributed by atoms with E-state index in [0.29, 0.717) is 6.61 Å². The minimum Gasteiger partial charge on any atom is -0.384 e. The van der Waals surface area contributed by atoms with E-state index in [2.05, 4.69) is 6.58 Å².